The molecule has 0 radical (unpaired) electrons. The van der Waals surface area contributed by atoms with Gasteiger partial charge in [0, 0.05) is 43.5 Å². The number of rotatable bonds is 3. The monoisotopic (exact) mass is 792 g/mol. The first kappa shape index (κ1) is 35.6. The van der Waals surface area contributed by atoms with Crippen molar-refractivity contribution in [3.05, 3.63) is 175 Å². The highest BCUT2D eigenvalue weighted by Crippen LogP contribution is 2.57. The topological polar surface area (TPSA) is 16.3 Å². The molecule has 0 fully saturated rings. The summed E-state index contributed by atoms with van der Waals surface area (Å²) in [6, 6.07) is 61.5. The number of benzene rings is 7. The van der Waals surface area contributed by atoms with Gasteiger partial charge in [0.2, 0.25) is 0 Å². The van der Waals surface area contributed by atoms with Gasteiger partial charge in [0.15, 0.2) is 0 Å². The molecule has 6 heteroatoms. The van der Waals surface area contributed by atoms with E-state index < -0.39 is 0 Å². The predicted octanol–water partition coefficient (Wildman–Crippen LogP) is 12.7. The maximum atomic E-state index is 2.63. The molecule has 3 aliphatic rings. The lowest BCUT2D eigenvalue weighted by atomic mass is 9.35. The second kappa shape index (κ2) is 12.6. The van der Waals surface area contributed by atoms with Crippen LogP contribution >= 0.6 is 11.8 Å². The molecule has 0 unspecified atom stereocenters. The van der Waals surface area contributed by atoms with Crippen LogP contribution in [0.4, 0.5) is 34.3 Å². The molecule has 0 atom stereocenters. The first-order chi connectivity index (χ1) is 29.1. The molecule has 7 aromatic carbocycles. The maximum Gasteiger partial charge on any atom is 0.276 e. The Morgan fingerprint density at radius 1 is 0.433 bits per heavy atom. The van der Waals surface area contributed by atoms with Crippen LogP contribution in [0.3, 0.4) is 0 Å². The minimum absolute atomic E-state index is 0.0209. The smallest absolute Gasteiger partial charge is 0.276 e. The van der Waals surface area contributed by atoms with Crippen LogP contribution in [0.15, 0.2) is 174 Å². The Balaban J connectivity index is 1.27. The molecule has 0 amide bonds. The Bertz CT molecular complexity index is 3200. The molecule has 4 nitrogen and oxygen atoms in total. The van der Waals surface area contributed by atoms with Crippen LogP contribution < -0.4 is 26.3 Å². The number of anilines is 6. The lowest BCUT2D eigenvalue weighted by Crippen LogP contribution is -2.63. The van der Waals surface area contributed by atoms with Gasteiger partial charge in [0.1, 0.15) is 5.82 Å². The number of hydrogen-bond donors (Lipinski definition) is 0. The fraction of sp³-hybridized carbons (Fsp3) is 0.148. The van der Waals surface area contributed by atoms with E-state index in [-0.39, 0.29) is 17.5 Å². The number of para-hydroxylation sites is 4. The second-order valence-corrected chi connectivity index (χ2v) is 19.7. The third-order valence-electron chi connectivity index (χ3n) is 13.0. The summed E-state index contributed by atoms with van der Waals surface area (Å²) < 4.78 is 5.11. The van der Waals surface area contributed by atoms with Gasteiger partial charge in [0.25, 0.3) is 6.71 Å². The number of hydrogen-bond acceptors (Lipinski definition) is 3. The fourth-order valence-electron chi connectivity index (χ4n) is 10.2. The summed E-state index contributed by atoms with van der Waals surface area (Å²) in [5.41, 5.74) is 17.6. The molecule has 5 heterocycles. The highest BCUT2D eigenvalue weighted by Gasteiger charge is 2.51. The third kappa shape index (κ3) is 4.94. The average molecular weight is 793 g/mol. The zero-order valence-electron chi connectivity index (χ0n) is 34.9. The van der Waals surface area contributed by atoms with E-state index in [9.17, 15) is 0 Å². The van der Waals surface area contributed by atoms with E-state index >= 15 is 0 Å². The Labute approximate surface area is 356 Å². The van der Waals surface area contributed by atoms with Crippen molar-refractivity contribution < 1.29 is 0 Å². The SMILES string of the molecule is CC(C)(C)c1ccc(N2c3ccc4c5c3B(c3c(n(-c6ccccc6)c6ccccc36)N5c3ccc(C(C)(C)C)cc3S4)c3c2c2ccccc2n3-c2ccccc2)cc1. The fourth-order valence-corrected chi connectivity index (χ4v) is 11.3. The predicted molar refractivity (Wildman–Crippen MR) is 256 cm³/mol. The standard InChI is InChI=1S/C54H45BN4S/c1-53(2,3)34-25-28-38(29-26-34)56-44-31-32-45-50-48(44)55(51-49(56)40-22-14-16-24-42(40)57(51)36-17-9-7-10-18-36)47-39-21-13-15-23-41(39)58(37-19-11-8-12-20-37)52(47)59(50)43-30-27-35(54(4,5)6)33-46(43)60-45/h7-33H,1-6H3. The van der Waals surface area contributed by atoms with E-state index in [0.717, 1.165) is 17.1 Å². The van der Waals surface area contributed by atoms with Gasteiger partial charge in [0.05, 0.1) is 28.1 Å². The normalized spacial score (nSPS) is 14.0. The van der Waals surface area contributed by atoms with Crippen LogP contribution in [-0.2, 0) is 10.8 Å². The van der Waals surface area contributed by atoms with Crippen molar-refractivity contribution in [2.24, 2.45) is 0 Å². The van der Waals surface area contributed by atoms with Crippen LogP contribution in [0, 0.1) is 0 Å². The number of aromatic nitrogens is 2. The lowest BCUT2D eigenvalue weighted by molar-refractivity contribution is 0.588. The van der Waals surface area contributed by atoms with Gasteiger partial charge < -0.3 is 9.47 Å². The molecule has 0 saturated carbocycles. The molecule has 0 aliphatic carbocycles. The van der Waals surface area contributed by atoms with Crippen LogP contribution in [-0.4, -0.2) is 15.8 Å². The Hall–Kier alpha value is -6.37. The van der Waals surface area contributed by atoms with E-state index in [0.29, 0.717) is 0 Å². The number of fused-ring (bicyclic) bond motifs is 11. The Morgan fingerprint density at radius 3 is 1.67 bits per heavy atom. The zero-order valence-corrected chi connectivity index (χ0v) is 35.7. The van der Waals surface area contributed by atoms with Crippen molar-refractivity contribution in [1.29, 1.82) is 0 Å². The Morgan fingerprint density at radius 2 is 1.00 bits per heavy atom. The van der Waals surface area contributed by atoms with Gasteiger partial charge >= 0.3 is 0 Å². The van der Waals surface area contributed by atoms with Gasteiger partial charge in [-0.25, -0.2) is 0 Å². The molecule has 0 bridgehead atoms. The second-order valence-electron chi connectivity index (χ2n) is 18.6. The van der Waals surface area contributed by atoms with E-state index in [1.807, 2.05) is 11.8 Å². The van der Waals surface area contributed by atoms with Crippen molar-refractivity contribution >= 4 is 91.1 Å². The van der Waals surface area contributed by atoms with Crippen molar-refractivity contribution in [3.63, 3.8) is 0 Å². The lowest BCUT2D eigenvalue weighted by Gasteiger charge is -2.45. The molecule has 9 aromatic rings. The van der Waals surface area contributed by atoms with Gasteiger partial charge in [-0.05, 0) is 111 Å². The van der Waals surface area contributed by atoms with E-state index in [4.69, 9.17) is 0 Å². The molecule has 290 valence electrons. The molecule has 12 rings (SSSR count). The van der Waals surface area contributed by atoms with Crippen molar-refractivity contribution in [1.82, 2.24) is 9.13 Å². The van der Waals surface area contributed by atoms with E-state index in [2.05, 4.69) is 224 Å². The summed E-state index contributed by atoms with van der Waals surface area (Å²) in [6.07, 6.45) is 0. The van der Waals surface area contributed by atoms with Gasteiger partial charge in [-0.3, -0.25) is 9.47 Å². The molecule has 60 heavy (non-hydrogen) atoms. The minimum Gasteiger partial charge on any atom is -0.319 e. The highest BCUT2D eigenvalue weighted by atomic mass is 32.2. The minimum atomic E-state index is -0.0836. The molecule has 0 saturated heterocycles. The largest absolute Gasteiger partial charge is 0.319 e. The first-order valence-corrected chi connectivity index (χ1v) is 22.0. The summed E-state index contributed by atoms with van der Waals surface area (Å²) in [6.45, 7) is 13.8. The zero-order chi connectivity index (χ0) is 40.7. The van der Waals surface area contributed by atoms with Crippen LogP contribution in [0.25, 0.3) is 33.2 Å². The van der Waals surface area contributed by atoms with Crippen LogP contribution in [0.5, 0.6) is 0 Å². The quantitative estimate of drug-likeness (QED) is 0.166. The van der Waals surface area contributed by atoms with Gasteiger partial charge in [-0.2, -0.15) is 0 Å². The summed E-state index contributed by atoms with van der Waals surface area (Å²) >= 11 is 1.92. The van der Waals surface area contributed by atoms with E-state index in [1.165, 1.54) is 87.8 Å². The summed E-state index contributed by atoms with van der Waals surface area (Å²) in [7, 11) is 0. The average Bonchev–Trinajstić information content (AvgIpc) is 3.79. The van der Waals surface area contributed by atoms with Gasteiger partial charge in [-0.15, -0.1) is 0 Å². The summed E-state index contributed by atoms with van der Waals surface area (Å²) in [5.74, 6) is 1.21. The maximum absolute atomic E-state index is 2.63. The van der Waals surface area contributed by atoms with Crippen molar-refractivity contribution in [2.75, 3.05) is 9.80 Å². The summed E-state index contributed by atoms with van der Waals surface area (Å²) in [4.78, 5) is 7.78. The Kier molecular flexibility index (Phi) is 7.46. The molecule has 0 spiro atoms. The van der Waals surface area contributed by atoms with Crippen molar-refractivity contribution in [3.8, 4) is 11.4 Å². The molecule has 0 N–H and O–H groups in total. The van der Waals surface area contributed by atoms with Crippen molar-refractivity contribution in [2.45, 2.75) is 62.2 Å². The van der Waals surface area contributed by atoms with Gasteiger partial charge in [-0.1, -0.05) is 144 Å². The number of nitrogens with zero attached hydrogens (tertiary/aromatic N) is 4. The van der Waals surface area contributed by atoms with E-state index in [1.54, 1.807) is 0 Å². The third-order valence-corrected chi connectivity index (χ3v) is 14.1. The molecule has 2 aromatic heterocycles. The highest BCUT2D eigenvalue weighted by molar-refractivity contribution is 7.99. The molecular formula is C54H45BN4S. The molecular weight excluding hydrogens is 748 g/mol. The first-order valence-electron chi connectivity index (χ1n) is 21.2. The summed E-state index contributed by atoms with van der Waals surface area (Å²) in [5, 5.41) is 2.51. The molecule has 3 aliphatic heterocycles. The van der Waals surface area contributed by atoms with Crippen LogP contribution in [0.2, 0.25) is 0 Å². The van der Waals surface area contributed by atoms with Crippen LogP contribution in [0.1, 0.15) is 52.7 Å².